The van der Waals surface area contributed by atoms with Crippen molar-refractivity contribution in [2.24, 2.45) is 0 Å². The molecule has 0 aliphatic carbocycles. The van der Waals surface area contributed by atoms with Crippen LogP contribution in [0.25, 0.3) is 11.2 Å². The number of rotatable bonds is 4. The molecule has 0 fully saturated rings. The van der Waals surface area contributed by atoms with E-state index in [1.807, 2.05) is 0 Å². The third-order valence-electron chi connectivity index (χ3n) is 2.05. The van der Waals surface area contributed by atoms with Crippen LogP contribution in [-0.4, -0.2) is 38.7 Å². The lowest BCUT2D eigenvalue weighted by atomic mass is 10.4. The fraction of sp³-hybridized carbons (Fsp3) is 0.500. The second-order valence-electron chi connectivity index (χ2n) is 3.09. The van der Waals surface area contributed by atoms with Crippen molar-refractivity contribution in [1.82, 2.24) is 25.0 Å². The van der Waals surface area contributed by atoms with Crippen molar-refractivity contribution in [3.63, 3.8) is 0 Å². The highest BCUT2D eigenvalue weighted by molar-refractivity contribution is 5.80. The van der Waals surface area contributed by atoms with Crippen molar-refractivity contribution >= 4 is 17.0 Å². The van der Waals surface area contributed by atoms with Gasteiger partial charge in [-0.2, -0.15) is 0 Å². The zero-order chi connectivity index (χ0) is 10.7. The van der Waals surface area contributed by atoms with Gasteiger partial charge >= 0.3 is 0 Å². The van der Waals surface area contributed by atoms with Crippen LogP contribution in [0.2, 0.25) is 0 Å². The summed E-state index contributed by atoms with van der Waals surface area (Å²) in [5, 5.41) is 7.88. The van der Waals surface area contributed by atoms with Crippen LogP contribution in [0.15, 0.2) is 6.33 Å². The molecule has 7 nitrogen and oxygen atoms in total. The molecule has 2 aromatic heterocycles. The van der Waals surface area contributed by atoms with E-state index in [4.69, 9.17) is 10.5 Å². The average molecular weight is 208 g/mol. The molecule has 0 spiro atoms. The molecule has 15 heavy (non-hydrogen) atoms. The van der Waals surface area contributed by atoms with Gasteiger partial charge in [0.15, 0.2) is 17.0 Å². The summed E-state index contributed by atoms with van der Waals surface area (Å²) >= 11 is 0. The minimum absolute atomic E-state index is 0.359. The zero-order valence-corrected chi connectivity index (χ0v) is 8.42. The first-order chi connectivity index (χ1) is 7.33. The topological polar surface area (TPSA) is 91.7 Å². The molecule has 0 saturated carbocycles. The SMILES string of the molecule is COCCCn1nnc2c(N)ncnc21. The molecule has 0 aliphatic rings. The van der Waals surface area contributed by atoms with E-state index in [-0.39, 0.29) is 0 Å². The lowest BCUT2D eigenvalue weighted by molar-refractivity contribution is 0.189. The number of aryl methyl sites for hydroxylation is 1. The van der Waals surface area contributed by atoms with Crippen LogP contribution in [0, 0.1) is 0 Å². The monoisotopic (exact) mass is 208 g/mol. The molecule has 0 aliphatic heterocycles. The maximum atomic E-state index is 5.63. The average Bonchev–Trinajstić information content (AvgIpc) is 2.64. The first-order valence-electron chi connectivity index (χ1n) is 4.61. The number of anilines is 1. The highest BCUT2D eigenvalue weighted by atomic mass is 16.5. The summed E-state index contributed by atoms with van der Waals surface area (Å²) in [7, 11) is 1.67. The number of nitrogen functional groups attached to an aromatic ring is 1. The van der Waals surface area contributed by atoms with E-state index in [0.29, 0.717) is 30.1 Å². The van der Waals surface area contributed by atoms with Crippen molar-refractivity contribution < 1.29 is 4.74 Å². The van der Waals surface area contributed by atoms with E-state index >= 15 is 0 Å². The minimum atomic E-state index is 0.359. The molecule has 0 unspecified atom stereocenters. The lowest BCUT2D eigenvalue weighted by Gasteiger charge is -2.00. The summed E-state index contributed by atoms with van der Waals surface area (Å²) in [5.41, 5.74) is 6.85. The largest absolute Gasteiger partial charge is 0.385 e. The molecule has 0 radical (unpaired) electrons. The summed E-state index contributed by atoms with van der Waals surface area (Å²) in [6, 6.07) is 0. The third kappa shape index (κ3) is 1.86. The van der Waals surface area contributed by atoms with Crippen LogP contribution < -0.4 is 5.73 Å². The van der Waals surface area contributed by atoms with E-state index in [1.165, 1.54) is 6.33 Å². The van der Waals surface area contributed by atoms with E-state index in [9.17, 15) is 0 Å². The first-order valence-corrected chi connectivity index (χ1v) is 4.61. The number of nitrogens with two attached hydrogens (primary N) is 1. The standard InChI is InChI=1S/C8H12N6O/c1-15-4-2-3-14-8-6(12-13-14)7(9)10-5-11-8/h5H,2-4H2,1H3,(H2,9,10,11). The zero-order valence-electron chi connectivity index (χ0n) is 8.42. The van der Waals surface area contributed by atoms with Gasteiger partial charge in [-0.05, 0) is 6.42 Å². The number of aromatic nitrogens is 5. The molecular formula is C8H12N6O. The quantitative estimate of drug-likeness (QED) is 0.702. The molecule has 0 atom stereocenters. The maximum absolute atomic E-state index is 5.63. The van der Waals surface area contributed by atoms with Gasteiger partial charge in [-0.25, -0.2) is 14.6 Å². The van der Waals surface area contributed by atoms with Crippen LogP contribution in [0.5, 0.6) is 0 Å². The minimum Gasteiger partial charge on any atom is -0.385 e. The molecular weight excluding hydrogens is 196 g/mol. The summed E-state index contributed by atoms with van der Waals surface area (Å²) < 4.78 is 6.66. The summed E-state index contributed by atoms with van der Waals surface area (Å²) in [6.45, 7) is 1.39. The Morgan fingerprint density at radius 3 is 3.13 bits per heavy atom. The van der Waals surface area contributed by atoms with Gasteiger partial charge in [-0.1, -0.05) is 5.21 Å². The van der Waals surface area contributed by atoms with Crippen LogP contribution >= 0.6 is 0 Å². The number of nitrogens with zero attached hydrogens (tertiary/aromatic N) is 5. The highest BCUT2D eigenvalue weighted by Crippen LogP contribution is 2.12. The molecule has 2 aromatic rings. The number of fused-ring (bicyclic) bond motifs is 1. The fourth-order valence-electron chi connectivity index (χ4n) is 1.32. The van der Waals surface area contributed by atoms with Crippen LogP contribution in [0.3, 0.4) is 0 Å². The third-order valence-corrected chi connectivity index (χ3v) is 2.05. The van der Waals surface area contributed by atoms with Crippen molar-refractivity contribution in [2.75, 3.05) is 19.5 Å². The lowest BCUT2D eigenvalue weighted by Crippen LogP contribution is -2.04. The molecule has 2 N–H and O–H groups in total. The molecule has 0 aromatic carbocycles. The maximum Gasteiger partial charge on any atom is 0.183 e. The Kier molecular flexibility index (Phi) is 2.72. The fourth-order valence-corrected chi connectivity index (χ4v) is 1.32. The van der Waals surface area contributed by atoms with Crippen molar-refractivity contribution in [3.05, 3.63) is 6.33 Å². The Labute approximate surface area is 86.3 Å². The van der Waals surface area contributed by atoms with Gasteiger partial charge in [0.1, 0.15) is 6.33 Å². The van der Waals surface area contributed by atoms with Crippen LogP contribution in [0.1, 0.15) is 6.42 Å². The van der Waals surface area contributed by atoms with Crippen molar-refractivity contribution in [2.45, 2.75) is 13.0 Å². The molecule has 80 valence electrons. The van der Waals surface area contributed by atoms with E-state index in [0.717, 1.165) is 6.42 Å². The van der Waals surface area contributed by atoms with E-state index in [1.54, 1.807) is 11.8 Å². The van der Waals surface area contributed by atoms with Crippen molar-refractivity contribution in [1.29, 1.82) is 0 Å². The molecule has 2 heterocycles. The second-order valence-corrected chi connectivity index (χ2v) is 3.09. The summed E-state index contributed by atoms with van der Waals surface area (Å²) in [4.78, 5) is 7.93. The Morgan fingerprint density at radius 2 is 2.33 bits per heavy atom. The number of methoxy groups -OCH3 is 1. The summed E-state index contributed by atoms with van der Waals surface area (Å²) in [6.07, 6.45) is 2.27. The Bertz CT molecular complexity index is 453. The first kappa shape index (κ1) is 9.78. The van der Waals surface area contributed by atoms with Gasteiger partial charge in [0.25, 0.3) is 0 Å². The molecule has 0 saturated heterocycles. The Balaban J connectivity index is 2.25. The summed E-state index contributed by atoms with van der Waals surface area (Å²) in [5.74, 6) is 0.359. The Hall–Kier alpha value is -1.76. The van der Waals surface area contributed by atoms with Gasteiger partial charge in [-0.3, -0.25) is 0 Å². The van der Waals surface area contributed by atoms with Crippen LogP contribution in [-0.2, 0) is 11.3 Å². The molecule has 2 rings (SSSR count). The Morgan fingerprint density at radius 1 is 1.47 bits per heavy atom. The molecule has 0 bridgehead atoms. The smallest absolute Gasteiger partial charge is 0.183 e. The van der Waals surface area contributed by atoms with Gasteiger partial charge in [0, 0.05) is 20.3 Å². The number of hydrogen-bond donors (Lipinski definition) is 1. The van der Waals surface area contributed by atoms with Crippen LogP contribution in [0.4, 0.5) is 5.82 Å². The van der Waals surface area contributed by atoms with Gasteiger partial charge in [-0.15, -0.1) is 5.10 Å². The van der Waals surface area contributed by atoms with Gasteiger partial charge in [0.05, 0.1) is 0 Å². The predicted octanol–water partition coefficient (Wildman–Crippen LogP) is -0.160. The molecule has 7 heteroatoms. The molecule has 0 amide bonds. The number of ether oxygens (including phenoxy) is 1. The van der Waals surface area contributed by atoms with E-state index in [2.05, 4.69) is 20.3 Å². The number of hydrogen-bond acceptors (Lipinski definition) is 6. The van der Waals surface area contributed by atoms with Gasteiger partial charge < -0.3 is 10.5 Å². The van der Waals surface area contributed by atoms with Crippen molar-refractivity contribution in [3.8, 4) is 0 Å². The van der Waals surface area contributed by atoms with E-state index < -0.39 is 0 Å². The predicted molar refractivity (Wildman–Crippen MR) is 54.0 cm³/mol. The normalized spacial score (nSPS) is 11.0. The second kappa shape index (κ2) is 4.18. The highest BCUT2D eigenvalue weighted by Gasteiger charge is 2.08. The van der Waals surface area contributed by atoms with Gasteiger partial charge in [0.2, 0.25) is 0 Å².